The van der Waals surface area contributed by atoms with Crippen molar-refractivity contribution in [3.8, 4) is 17.3 Å². The number of carbonyl (C=O) groups is 2. The van der Waals surface area contributed by atoms with Crippen molar-refractivity contribution in [1.82, 2.24) is 34.5 Å². The summed E-state index contributed by atoms with van der Waals surface area (Å²) in [5.74, 6) is 1.33. The molecule has 3 N–H and O–H groups in total. The van der Waals surface area contributed by atoms with E-state index >= 15 is 0 Å². The van der Waals surface area contributed by atoms with Crippen molar-refractivity contribution >= 4 is 34.6 Å². The maximum Gasteiger partial charge on any atom is 0.237 e. The third-order valence-corrected chi connectivity index (χ3v) is 8.90. The number of benzene rings is 1. The number of hydrogen-bond acceptors (Lipinski definition) is 10. The van der Waals surface area contributed by atoms with Crippen LogP contribution in [0.5, 0.6) is 5.88 Å². The van der Waals surface area contributed by atoms with Gasteiger partial charge in [-0.2, -0.15) is 5.10 Å². The summed E-state index contributed by atoms with van der Waals surface area (Å²) in [6.07, 6.45) is 6.79. The second-order valence-electron chi connectivity index (χ2n) is 12.0. The number of anilines is 2. The molecule has 4 aromatic rings. The monoisotopic (exact) mass is 648 g/mol. The fourth-order valence-corrected chi connectivity index (χ4v) is 6.18. The van der Waals surface area contributed by atoms with Crippen molar-refractivity contribution < 1.29 is 14.3 Å². The average molecular weight is 649 g/mol. The highest BCUT2D eigenvalue weighted by Crippen LogP contribution is 2.27. The molecule has 248 valence electrons. The maximum atomic E-state index is 13.7. The zero-order valence-corrected chi connectivity index (χ0v) is 27.5. The Hall–Kier alpha value is -5.43. The fraction of sp³-hybridized carbons (Fsp3) is 0.343. The standard InChI is InChI=1S/C35H40N10O3/c1-4-45(29-11-10-28(36)33(40-29)32(37)26-9-12-30(48-3)38-19-26)35(47)27-13-16-43(20-27)21-31(46)44-17-14-24(15-18-44)23-5-7-25(8-6-23)34-39-22-42(2)41-34/h5-12,14,19,22,27,37H,4,13,15-18,20-21,36H2,1-3H3/t27-/m1/s1. The molecule has 3 aromatic heterocycles. The summed E-state index contributed by atoms with van der Waals surface area (Å²) in [4.78, 5) is 45.7. The first-order chi connectivity index (χ1) is 23.2. The summed E-state index contributed by atoms with van der Waals surface area (Å²) in [5, 5.41) is 13.1. The highest BCUT2D eigenvalue weighted by molar-refractivity contribution is 6.12. The Balaban J connectivity index is 1.04. The molecule has 2 aliphatic rings. The van der Waals surface area contributed by atoms with Crippen LogP contribution in [0, 0.1) is 11.3 Å². The molecule has 6 rings (SSSR count). The number of nitrogen functional groups attached to an aromatic ring is 1. The number of nitrogens with zero attached hydrogens (tertiary/aromatic N) is 8. The average Bonchev–Trinajstić information content (AvgIpc) is 3.78. The van der Waals surface area contributed by atoms with Gasteiger partial charge in [-0.05, 0) is 55.6 Å². The van der Waals surface area contributed by atoms with Gasteiger partial charge in [-0.25, -0.2) is 15.0 Å². The first kappa shape index (κ1) is 32.5. The van der Waals surface area contributed by atoms with E-state index in [-0.39, 0.29) is 35.7 Å². The number of amides is 2. The number of aryl methyl sites for hydroxylation is 1. The van der Waals surface area contributed by atoms with E-state index in [1.807, 2.05) is 31.0 Å². The lowest BCUT2D eigenvalue weighted by Crippen LogP contribution is -2.42. The second-order valence-corrected chi connectivity index (χ2v) is 12.0. The zero-order chi connectivity index (χ0) is 33.8. The highest BCUT2D eigenvalue weighted by Gasteiger charge is 2.34. The molecule has 2 amide bonds. The third-order valence-electron chi connectivity index (χ3n) is 8.90. The van der Waals surface area contributed by atoms with Crippen LogP contribution in [-0.4, -0.2) is 98.4 Å². The van der Waals surface area contributed by atoms with Crippen LogP contribution >= 0.6 is 0 Å². The second kappa shape index (κ2) is 14.1. The minimum atomic E-state index is -0.261. The minimum Gasteiger partial charge on any atom is -0.481 e. The van der Waals surface area contributed by atoms with E-state index in [0.29, 0.717) is 67.9 Å². The number of carbonyl (C=O) groups excluding carboxylic acids is 2. The molecular weight excluding hydrogens is 608 g/mol. The summed E-state index contributed by atoms with van der Waals surface area (Å²) in [6, 6.07) is 15.0. The van der Waals surface area contributed by atoms with Gasteiger partial charge in [0, 0.05) is 56.6 Å². The predicted molar refractivity (Wildman–Crippen MR) is 184 cm³/mol. The molecule has 1 fully saturated rings. The quantitative estimate of drug-likeness (QED) is 0.246. The lowest BCUT2D eigenvalue weighted by Gasteiger charge is -2.29. The van der Waals surface area contributed by atoms with Crippen LogP contribution in [0.1, 0.15) is 36.6 Å². The molecule has 0 saturated carbocycles. The molecule has 0 aliphatic carbocycles. The Morgan fingerprint density at radius 1 is 1.06 bits per heavy atom. The van der Waals surface area contributed by atoms with Gasteiger partial charge >= 0.3 is 0 Å². The third kappa shape index (κ3) is 6.95. The van der Waals surface area contributed by atoms with Crippen molar-refractivity contribution in [3.63, 3.8) is 0 Å². The van der Waals surface area contributed by atoms with Gasteiger partial charge in [0.05, 0.1) is 31.0 Å². The molecule has 1 aromatic carbocycles. The molecule has 13 heteroatoms. The van der Waals surface area contributed by atoms with Crippen LogP contribution in [0.3, 0.4) is 0 Å². The first-order valence-corrected chi connectivity index (χ1v) is 16.1. The predicted octanol–water partition coefficient (Wildman–Crippen LogP) is 3.27. The van der Waals surface area contributed by atoms with Gasteiger partial charge in [0.1, 0.15) is 17.8 Å². The van der Waals surface area contributed by atoms with E-state index in [4.69, 9.17) is 15.9 Å². The summed E-state index contributed by atoms with van der Waals surface area (Å²) >= 11 is 0. The lowest BCUT2D eigenvalue weighted by molar-refractivity contribution is -0.132. The smallest absolute Gasteiger partial charge is 0.237 e. The van der Waals surface area contributed by atoms with Gasteiger partial charge in [-0.15, -0.1) is 0 Å². The largest absolute Gasteiger partial charge is 0.481 e. The topological polar surface area (TPSA) is 159 Å². The summed E-state index contributed by atoms with van der Waals surface area (Å²) < 4.78 is 6.80. The first-order valence-electron chi connectivity index (χ1n) is 16.1. The van der Waals surface area contributed by atoms with Crippen LogP contribution in [0.15, 0.2) is 67.1 Å². The van der Waals surface area contributed by atoms with Crippen LogP contribution in [0.4, 0.5) is 11.5 Å². The van der Waals surface area contributed by atoms with Gasteiger partial charge in [0.2, 0.25) is 17.7 Å². The molecular formula is C35H40N10O3. The summed E-state index contributed by atoms with van der Waals surface area (Å²) in [5.41, 5.74) is 10.8. The Morgan fingerprint density at radius 2 is 1.85 bits per heavy atom. The van der Waals surface area contributed by atoms with Crippen molar-refractivity contribution in [1.29, 1.82) is 5.41 Å². The van der Waals surface area contributed by atoms with E-state index < -0.39 is 0 Å². The van der Waals surface area contributed by atoms with Crippen molar-refractivity contribution in [2.45, 2.75) is 19.8 Å². The summed E-state index contributed by atoms with van der Waals surface area (Å²) in [7, 11) is 3.38. The van der Waals surface area contributed by atoms with Gasteiger partial charge in [-0.3, -0.25) is 29.5 Å². The van der Waals surface area contributed by atoms with Crippen molar-refractivity contribution in [2.24, 2.45) is 13.0 Å². The molecule has 0 spiro atoms. The van der Waals surface area contributed by atoms with Crippen molar-refractivity contribution in [2.75, 3.05) is 57.0 Å². The SMILES string of the molecule is CCN(C(=O)[C@@H]1CCN(CC(=O)N2CC=C(c3ccc(-c4ncn(C)n4)cc3)CC2)C1)c1ccc(N)c(C(=N)c2ccc(OC)nc2)n1. The number of methoxy groups -OCH3 is 1. The molecule has 13 nitrogen and oxygen atoms in total. The van der Waals surface area contributed by atoms with Gasteiger partial charge < -0.3 is 15.4 Å². The van der Waals surface area contributed by atoms with E-state index in [1.54, 1.807) is 40.2 Å². The number of nitrogens with one attached hydrogen (secondary N) is 1. The Kier molecular flexibility index (Phi) is 9.57. The molecule has 2 aliphatic heterocycles. The highest BCUT2D eigenvalue weighted by atomic mass is 16.5. The fourth-order valence-electron chi connectivity index (χ4n) is 6.18. The van der Waals surface area contributed by atoms with Gasteiger partial charge in [0.15, 0.2) is 5.82 Å². The molecule has 1 saturated heterocycles. The number of nitrogens with two attached hydrogens (primary N) is 1. The molecule has 0 unspecified atom stereocenters. The number of likely N-dealkylation sites (tertiary alicyclic amines) is 1. The van der Waals surface area contributed by atoms with E-state index in [2.05, 4.69) is 43.2 Å². The molecule has 1 atom stereocenters. The molecule has 0 radical (unpaired) electrons. The normalized spacial score (nSPS) is 16.4. The number of aromatic nitrogens is 5. The van der Waals surface area contributed by atoms with Crippen LogP contribution in [-0.2, 0) is 16.6 Å². The van der Waals surface area contributed by atoms with Crippen LogP contribution < -0.4 is 15.4 Å². The van der Waals surface area contributed by atoms with Crippen LogP contribution in [0.25, 0.3) is 17.0 Å². The van der Waals surface area contributed by atoms with E-state index in [0.717, 1.165) is 17.5 Å². The number of rotatable bonds is 10. The molecule has 48 heavy (non-hydrogen) atoms. The Morgan fingerprint density at radius 3 is 2.50 bits per heavy atom. The number of hydrogen-bond donors (Lipinski definition) is 2. The lowest BCUT2D eigenvalue weighted by atomic mass is 9.98. The zero-order valence-electron chi connectivity index (χ0n) is 27.5. The minimum absolute atomic E-state index is 0.0521. The van der Waals surface area contributed by atoms with E-state index in [9.17, 15) is 9.59 Å². The number of ether oxygens (including phenoxy) is 1. The summed E-state index contributed by atoms with van der Waals surface area (Å²) in [6.45, 7) is 4.97. The van der Waals surface area contributed by atoms with E-state index in [1.165, 1.54) is 18.9 Å². The molecule has 5 heterocycles. The molecule has 0 bridgehead atoms. The van der Waals surface area contributed by atoms with Gasteiger partial charge in [0.25, 0.3) is 0 Å². The Labute approximate surface area is 279 Å². The Bertz CT molecular complexity index is 1830. The van der Waals surface area contributed by atoms with Crippen molar-refractivity contribution in [3.05, 3.63) is 84.0 Å². The maximum absolute atomic E-state index is 13.7. The van der Waals surface area contributed by atoms with Crippen LogP contribution in [0.2, 0.25) is 0 Å². The van der Waals surface area contributed by atoms with Gasteiger partial charge in [-0.1, -0.05) is 30.3 Å². The number of pyridine rings is 2.